The lowest BCUT2D eigenvalue weighted by Crippen LogP contribution is -2.41. The number of carbonyl (C=O) groups excluding carboxylic acids is 1. The number of nitrogens with two attached hydrogens (primary N) is 1. The summed E-state index contributed by atoms with van der Waals surface area (Å²) in [4.78, 5) is 16.0. The van der Waals surface area contributed by atoms with Crippen molar-refractivity contribution < 1.29 is 19.0 Å². The molecule has 0 bridgehead atoms. The maximum Gasteiger partial charge on any atom is 0.252 e. The number of amides is 1. The molecule has 1 aromatic carbocycles. The van der Waals surface area contributed by atoms with E-state index in [2.05, 4.69) is 10.3 Å². The summed E-state index contributed by atoms with van der Waals surface area (Å²) in [6, 6.07) is 5.19. The quantitative estimate of drug-likeness (QED) is 0.823. The number of pyridine rings is 1. The molecule has 0 aliphatic carbocycles. The van der Waals surface area contributed by atoms with Crippen LogP contribution in [0.2, 0.25) is 0 Å². The van der Waals surface area contributed by atoms with Crippen molar-refractivity contribution in [1.82, 2.24) is 10.3 Å². The number of aromatic nitrogens is 1. The number of carbonyl (C=O) groups is 1. The summed E-state index contributed by atoms with van der Waals surface area (Å²) in [5.74, 6) is 0.555. The van der Waals surface area contributed by atoms with Gasteiger partial charge >= 0.3 is 0 Å². The number of ether oxygens (including phenoxy) is 3. The predicted molar refractivity (Wildman–Crippen MR) is 94.1 cm³/mol. The second-order valence-electron chi connectivity index (χ2n) is 6.21. The van der Waals surface area contributed by atoms with Gasteiger partial charge in [-0.15, -0.1) is 0 Å². The Morgan fingerprint density at radius 2 is 2.28 bits per heavy atom. The second kappa shape index (κ2) is 7.67. The number of hydrogen-bond donors (Lipinski definition) is 2. The molecule has 7 nitrogen and oxygen atoms in total. The monoisotopic (exact) mass is 345 g/mol. The van der Waals surface area contributed by atoms with E-state index in [0.717, 1.165) is 18.5 Å². The topological polar surface area (TPSA) is 95.7 Å². The van der Waals surface area contributed by atoms with Crippen LogP contribution in [-0.4, -0.2) is 49.4 Å². The van der Waals surface area contributed by atoms with Crippen LogP contribution >= 0.6 is 0 Å². The van der Waals surface area contributed by atoms with Gasteiger partial charge in [-0.25, -0.2) is 0 Å². The van der Waals surface area contributed by atoms with Crippen molar-refractivity contribution in [1.29, 1.82) is 0 Å². The van der Waals surface area contributed by atoms with Crippen LogP contribution < -0.4 is 20.5 Å². The third-order valence-electron chi connectivity index (χ3n) is 3.86. The fourth-order valence-electron chi connectivity index (χ4n) is 2.73. The summed E-state index contributed by atoms with van der Waals surface area (Å²) < 4.78 is 17.3. The van der Waals surface area contributed by atoms with Crippen LogP contribution in [0.5, 0.6) is 11.5 Å². The number of hydrogen-bond acceptors (Lipinski definition) is 6. The predicted octanol–water partition coefficient (Wildman–Crippen LogP) is 1.49. The molecule has 3 rings (SSSR count). The highest BCUT2D eigenvalue weighted by molar-refractivity contribution is 6.01. The van der Waals surface area contributed by atoms with Gasteiger partial charge in [0.2, 0.25) is 0 Å². The third-order valence-corrected chi connectivity index (χ3v) is 3.86. The van der Waals surface area contributed by atoms with E-state index in [0.29, 0.717) is 35.8 Å². The summed E-state index contributed by atoms with van der Waals surface area (Å²) in [5, 5.41) is 4.04. The van der Waals surface area contributed by atoms with Crippen LogP contribution in [0.3, 0.4) is 0 Å². The first-order valence-corrected chi connectivity index (χ1v) is 8.39. The molecule has 0 radical (unpaired) electrons. The van der Waals surface area contributed by atoms with Crippen molar-refractivity contribution in [2.75, 3.05) is 26.3 Å². The fourth-order valence-corrected chi connectivity index (χ4v) is 2.73. The minimum atomic E-state index is -0.549. The average Bonchev–Trinajstić information content (AvgIpc) is 2.59. The minimum absolute atomic E-state index is 0.00763. The van der Waals surface area contributed by atoms with E-state index < -0.39 is 5.91 Å². The Bertz CT molecular complexity index is 757. The average molecular weight is 345 g/mol. The molecule has 0 saturated carbocycles. The highest BCUT2D eigenvalue weighted by atomic mass is 16.5. The summed E-state index contributed by atoms with van der Waals surface area (Å²) in [7, 11) is 0. The number of benzene rings is 1. The van der Waals surface area contributed by atoms with E-state index >= 15 is 0 Å². The normalized spacial score (nSPS) is 17.6. The Morgan fingerprint density at radius 3 is 2.96 bits per heavy atom. The molecule has 1 aromatic heterocycles. The van der Waals surface area contributed by atoms with Gasteiger partial charge in [0.15, 0.2) is 0 Å². The molecule has 2 aromatic rings. The van der Waals surface area contributed by atoms with Crippen molar-refractivity contribution >= 4 is 16.8 Å². The summed E-state index contributed by atoms with van der Waals surface area (Å²) in [5.41, 5.74) is 6.41. The molecule has 134 valence electrons. The lowest BCUT2D eigenvalue weighted by Gasteiger charge is -2.24. The van der Waals surface area contributed by atoms with Crippen molar-refractivity contribution in [3.63, 3.8) is 0 Å². The second-order valence-corrected chi connectivity index (χ2v) is 6.21. The minimum Gasteiger partial charge on any atom is -0.490 e. The molecule has 7 heteroatoms. The molecule has 25 heavy (non-hydrogen) atoms. The van der Waals surface area contributed by atoms with Gasteiger partial charge in [-0.05, 0) is 32.0 Å². The van der Waals surface area contributed by atoms with E-state index in [9.17, 15) is 4.79 Å². The summed E-state index contributed by atoms with van der Waals surface area (Å²) in [6.07, 6.45) is 1.57. The van der Waals surface area contributed by atoms with Crippen LogP contribution in [-0.2, 0) is 4.74 Å². The molecule has 0 unspecified atom stereocenters. The van der Waals surface area contributed by atoms with Crippen LogP contribution in [0.15, 0.2) is 24.4 Å². The Labute approximate surface area is 146 Å². The fraction of sp³-hybridized carbons (Fsp3) is 0.444. The smallest absolute Gasteiger partial charge is 0.252 e. The molecule has 1 fully saturated rings. The number of morpholine rings is 1. The zero-order valence-corrected chi connectivity index (χ0v) is 14.5. The molecular formula is C18H23N3O4. The van der Waals surface area contributed by atoms with Gasteiger partial charge in [0.1, 0.15) is 24.2 Å². The van der Waals surface area contributed by atoms with Gasteiger partial charge < -0.3 is 25.3 Å². The van der Waals surface area contributed by atoms with E-state index in [4.69, 9.17) is 19.9 Å². The molecule has 1 amide bonds. The third kappa shape index (κ3) is 4.18. The van der Waals surface area contributed by atoms with E-state index in [-0.39, 0.29) is 12.2 Å². The van der Waals surface area contributed by atoms with E-state index in [1.807, 2.05) is 13.8 Å². The first-order chi connectivity index (χ1) is 12.0. The van der Waals surface area contributed by atoms with Crippen molar-refractivity contribution in [3.8, 4) is 11.5 Å². The van der Waals surface area contributed by atoms with Gasteiger partial charge in [-0.2, -0.15) is 0 Å². The number of nitrogens with zero attached hydrogens (tertiary/aromatic N) is 1. The number of fused-ring (bicyclic) bond motifs is 1. The molecule has 1 atom stereocenters. The molecule has 3 N–H and O–H groups in total. The zero-order chi connectivity index (χ0) is 17.8. The first-order valence-electron chi connectivity index (χ1n) is 8.39. The standard InChI is InChI=1S/C18H23N3O4/c1-11(2)25-17-8-13-15(7-14(17)18(19)22)21-4-3-16(13)24-10-12-9-20-5-6-23-12/h3-4,7-8,11-12,20H,5-6,9-10H2,1-2H3,(H2,19,22)/t12-/m1/s1. The highest BCUT2D eigenvalue weighted by Crippen LogP contribution is 2.31. The van der Waals surface area contributed by atoms with Crippen LogP contribution in [0.25, 0.3) is 10.9 Å². The molecule has 2 heterocycles. The number of nitrogens with one attached hydrogen (secondary N) is 1. The molecule has 1 aliphatic heterocycles. The van der Waals surface area contributed by atoms with Gasteiger partial charge in [0, 0.05) is 24.7 Å². The molecular weight excluding hydrogens is 322 g/mol. The lowest BCUT2D eigenvalue weighted by molar-refractivity contribution is 0.000500. The Morgan fingerprint density at radius 1 is 1.44 bits per heavy atom. The summed E-state index contributed by atoms with van der Waals surface area (Å²) >= 11 is 0. The Balaban J connectivity index is 1.91. The molecule has 0 spiro atoms. The van der Waals surface area contributed by atoms with E-state index in [1.165, 1.54) is 0 Å². The van der Waals surface area contributed by atoms with Crippen molar-refractivity contribution in [2.45, 2.75) is 26.1 Å². The van der Waals surface area contributed by atoms with Crippen LogP contribution in [0, 0.1) is 0 Å². The molecule has 1 aliphatic rings. The van der Waals surface area contributed by atoms with Gasteiger partial charge in [-0.3, -0.25) is 9.78 Å². The first kappa shape index (κ1) is 17.4. The lowest BCUT2D eigenvalue weighted by atomic mass is 10.1. The van der Waals surface area contributed by atoms with Gasteiger partial charge in [0.25, 0.3) is 5.91 Å². The van der Waals surface area contributed by atoms with E-state index in [1.54, 1.807) is 24.4 Å². The summed E-state index contributed by atoms with van der Waals surface area (Å²) in [6.45, 7) is 6.52. The maximum absolute atomic E-state index is 11.7. The van der Waals surface area contributed by atoms with Gasteiger partial charge in [0.05, 0.1) is 23.8 Å². The maximum atomic E-state index is 11.7. The van der Waals surface area contributed by atoms with Crippen molar-refractivity contribution in [2.24, 2.45) is 5.73 Å². The Kier molecular flexibility index (Phi) is 5.35. The highest BCUT2D eigenvalue weighted by Gasteiger charge is 2.17. The zero-order valence-electron chi connectivity index (χ0n) is 14.5. The van der Waals surface area contributed by atoms with Crippen LogP contribution in [0.1, 0.15) is 24.2 Å². The number of primary amides is 1. The van der Waals surface area contributed by atoms with Crippen molar-refractivity contribution in [3.05, 3.63) is 30.0 Å². The Hall–Kier alpha value is -2.38. The van der Waals surface area contributed by atoms with Gasteiger partial charge in [-0.1, -0.05) is 0 Å². The molecule has 1 saturated heterocycles. The van der Waals surface area contributed by atoms with Crippen LogP contribution in [0.4, 0.5) is 0 Å². The largest absolute Gasteiger partial charge is 0.490 e. The SMILES string of the molecule is CC(C)Oc1cc2c(OC[C@H]3CNCCO3)ccnc2cc1C(N)=O. The number of rotatable bonds is 6.